The Kier molecular flexibility index (Phi) is 2.18. The number of nitrogens with two attached hydrogens (primary N) is 2. The maximum Gasteiger partial charge on any atom is 0.0165 e. The van der Waals surface area contributed by atoms with Crippen LogP contribution in [0.5, 0.6) is 0 Å². The lowest BCUT2D eigenvalue weighted by molar-refractivity contribution is -0.207. The zero-order valence-electron chi connectivity index (χ0n) is 13.9. The molecule has 0 heterocycles. The Labute approximate surface area is 134 Å². The van der Waals surface area contributed by atoms with Crippen molar-refractivity contribution in [2.75, 3.05) is 0 Å². The van der Waals surface area contributed by atoms with Crippen LogP contribution in [0.1, 0.15) is 77.0 Å². The maximum absolute atomic E-state index is 6.93. The van der Waals surface area contributed by atoms with E-state index in [1.165, 1.54) is 77.0 Å². The van der Waals surface area contributed by atoms with Gasteiger partial charge < -0.3 is 11.5 Å². The molecule has 0 unspecified atom stereocenters. The largest absolute Gasteiger partial charge is 0.325 e. The van der Waals surface area contributed by atoms with Gasteiger partial charge in [-0.1, -0.05) is 0 Å². The van der Waals surface area contributed by atoms with E-state index in [4.69, 9.17) is 11.5 Å². The molecule has 0 aromatic heterocycles. The summed E-state index contributed by atoms with van der Waals surface area (Å²) in [7, 11) is 0. The monoisotopic (exact) mass is 300 g/mol. The predicted octanol–water partition coefficient (Wildman–Crippen LogP) is 3.58. The molecule has 2 nitrogen and oxygen atoms in total. The van der Waals surface area contributed by atoms with E-state index in [-0.39, 0.29) is 11.1 Å². The minimum absolute atomic E-state index is 0.204. The van der Waals surface area contributed by atoms with Crippen molar-refractivity contribution in [3.05, 3.63) is 0 Å². The van der Waals surface area contributed by atoms with Gasteiger partial charge in [0.1, 0.15) is 0 Å². The average Bonchev–Trinajstić information content (AvgIpc) is 2.31. The smallest absolute Gasteiger partial charge is 0.0165 e. The van der Waals surface area contributed by atoms with Gasteiger partial charge in [0.2, 0.25) is 0 Å². The van der Waals surface area contributed by atoms with Gasteiger partial charge in [-0.2, -0.15) is 0 Å². The second-order valence-corrected chi connectivity index (χ2v) is 11.2. The average molecular weight is 300 g/mol. The van der Waals surface area contributed by atoms with Gasteiger partial charge in [0.25, 0.3) is 0 Å². The minimum atomic E-state index is 0.204. The number of rotatable bonds is 1. The van der Waals surface area contributed by atoms with Crippen LogP contribution in [0.2, 0.25) is 0 Å². The molecule has 0 aromatic rings. The van der Waals surface area contributed by atoms with Gasteiger partial charge in [-0.25, -0.2) is 0 Å². The maximum atomic E-state index is 6.93. The molecule has 0 amide bonds. The van der Waals surface area contributed by atoms with Gasteiger partial charge in [0, 0.05) is 11.1 Å². The van der Waals surface area contributed by atoms with Crippen molar-refractivity contribution in [1.29, 1.82) is 0 Å². The van der Waals surface area contributed by atoms with Gasteiger partial charge in [-0.3, -0.25) is 0 Å². The van der Waals surface area contributed by atoms with Crippen LogP contribution in [0, 0.1) is 34.5 Å². The first-order valence-electron chi connectivity index (χ1n) is 9.97. The van der Waals surface area contributed by atoms with Crippen molar-refractivity contribution in [3.63, 3.8) is 0 Å². The fourth-order valence-corrected chi connectivity index (χ4v) is 9.91. The standard InChI is InChI=1S/C20H32N2/c21-19-7-13-1-14(8-19)4-17(3-13,11-19)18-5-15-2-16(6-18)10-20(22,9-15)12-18/h13-16H,1-12,21-22H2/t13-,14-,15-,16-,17?,18?,19?,20?/m0/s1. The molecule has 8 aliphatic carbocycles. The molecule has 8 aliphatic rings. The summed E-state index contributed by atoms with van der Waals surface area (Å²) in [5.41, 5.74) is 15.4. The molecule has 2 heteroatoms. The summed E-state index contributed by atoms with van der Waals surface area (Å²) in [4.78, 5) is 0. The second kappa shape index (κ2) is 3.61. The second-order valence-electron chi connectivity index (χ2n) is 11.2. The number of hydrogen-bond acceptors (Lipinski definition) is 2. The van der Waals surface area contributed by atoms with Crippen molar-refractivity contribution in [1.82, 2.24) is 0 Å². The molecule has 0 aromatic carbocycles. The predicted molar refractivity (Wildman–Crippen MR) is 88.1 cm³/mol. The van der Waals surface area contributed by atoms with Crippen LogP contribution < -0.4 is 11.5 Å². The minimum Gasteiger partial charge on any atom is -0.325 e. The summed E-state index contributed by atoms with van der Waals surface area (Å²) in [5, 5.41) is 0. The van der Waals surface area contributed by atoms with Gasteiger partial charge in [-0.05, 0) is 112 Å². The highest BCUT2D eigenvalue weighted by Crippen LogP contribution is 2.75. The van der Waals surface area contributed by atoms with Gasteiger partial charge in [0.15, 0.2) is 0 Å². The Balaban J connectivity index is 1.46. The van der Waals surface area contributed by atoms with Gasteiger partial charge >= 0.3 is 0 Å². The molecule has 0 saturated heterocycles. The third-order valence-electron chi connectivity index (χ3n) is 9.34. The van der Waals surface area contributed by atoms with Crippen LogP contribution in [0.15, 0.2) is 0 Å². The third kappa shape index (κ3) is 1.50. The fraction of sp³-hybridized carbons (Fsp3) is 1.00. The molecule has 22 heavy (non-hydrogen) atoms. The van der Waals surface area contributed by atoms with E-state index in [2.05, 4.69) is 0 Å². The Hall–Kier alpha value is -0.0800. The summed E-state index contributed by atoms with van der Waals surface area (Å²) in [5.74, 6) is 3.81. The normalized spacial score (nSPS) is 67.9. The van der Waals surface area contributed by atoms with E-state index in [1.807, 2.05) is 0 Å². The molecule has 8 saturated carbocycles. The summed E-state index contributed by atoms with van der Waals surface area (Å²) in [6.45, 7) is 0. The summed E-state index contributed by atoms with van der Waals surface area (Å²) in [6, 6.07) is 0. The van der Waals surface area contributed by atoms with Crippen molar-refractivity contribution in [2.45, 2.75) is 88.1 Å². The lowest BCUT2D eigenvalue weighted by atomic mass is 9.33. The summed E-state index contributed by atoms with van der Waals surface area (Å²) in [6.07, 6.45) is 17.1. The van der Waals surface area contributed by atoms with Crippen LogP contribution in [-0.4, -0.2) is 11.1 Å². The Morgan fingerprint density at radius 2 is 0.818 bits per heavy atom. The zero-order chi connectivity index (χ0) is 14.8. The first-order valence-corrected chi connectivity index (χ1v) is 9.97. The number of hydrogen-bond donors (Lipinski definition) is 2. The Morgan fingerprint density at radius 3 is 1.09 bits per heavy atom. The Morgan fingerprint density at radius 1 is 0.500 bits per heavy atom. The lowest BCUT2D eigenvalue weighted by Gasteiger charge is -2.73. The molecule has 8 bridgehead atoms. The molecule has 4 atom stereocenters. The summed E-state index contributed by atoms with van der Waals surface area (Å²) >= 11 is 0. The van der Waals surface area contributed by atoms with E-state index in [9.17, 15) is 0 Å². The highest BCUT2D eigenvalue weighted by atomic mass is 14.9. The van der Waals surface area contributed by atoms with Crippen LogP contribution in [-0.2, 0) is 0 Å². The topological polar surface area (TPSA) is 52.0 Å². The molecule has 0 radical (unpaired) electrons. The van der Waals surface area contributed by atoms with Crippen LogP contribution in [0.25, 0.3) is 0 Å². The highest BCUT2D eigenvalue weighted by molar-refractivity contribution is 5.21. The first kappa shape index (κ1) is 13.2. The highest BCUT2D eigenvalue weighted by Gasteiger charge is 2.68. The van der Waals surface area contributed by atoms with Crippen molar-refractivity contribution in [2.24, 2.45) is 46.0 Å². The molecule has 8 rings (SSSR count). The van der Waals surface area contributed by atoms with Gasteiger partial charge in [-0.15, -0.1) is 0 Å². The lowest BCUT2D eigenvalue weighted by Crippen LogP contribution is -2.70. The van der Waals surface area contributed by atoms with E-state index < -0.39 is 0 Å². The van der Waals surface area contributed by atoms with E-state index >= 15 is 0 Å². The molecule has 0 spiro atoms. The molecular formula is C20H32N2. The third-order valence-corrected chi connectivity index (χ3v) is 9.34. The molecule has 122 valence electrons. The van der Waals surface area contributed by atoms with Crippen molar-refractivity contribution < 1.29 is 0 Å². The Bertz CT molecular complexity index is 462. The van der Waals surface area contributed by atoms with Crippen molar-refractivity contribution in [3.8, 4) is 0 Å². The quantitative estimate of drug-likeness (QED) is 0.777. The van der Waals surface area contributed by atoms with Crippen molar-refractivity contribution >= 4 is 0 Å². The van der Waals surface area contributed by atoms with Crippen LogP contribution >= 0.6 is 0 Å². The fourth-order valence-electron chi connectivity index (χ4n) is 9.91. The molecule has 8 fully saturated rings. The SMILES string of the molecule is NC12C[C@H]3C[C@H](C1)CC(C14C[C@@H]5C[C@H](CC(N)(C5)C1)C4)(C3)C2. The zero-order valence-corrected chi connectivity index (χ0v) is 13.9. The van der Waals surface area contributed by atoms with Crippen LogP contribution in [0.4, 0.5) is 0 Å². The van der Waals surface area contributed by atoms with E-state index in [1.54, 1.807) is 0 Å². The molecule has 4 N–H and O–H groups in total. The summed E-state index contributed by atoms with van der Waals surface area (Å²) < 4.78 is 0. The first-order chi connectivity index (χ1) is 10.4. The molecule has 0 aliphatic heterocycles. The van der Waals surface area contributed by atoms with Gasteiger partial charge in [0.05, 0.1) is 0 Å². The van der Waals surface area contributed by atoms with E-state index in [0.29, 0.717) is 10.8 Å². The van der Waals surface area contributed by atoms with Crippen LogP contribution in [0.3, 0.4) is 0 Å². The van der Waals surface area contributed by atoms with E-state index in [0.717, 1.165) is 23.7 Å². The molecular weight excluding hydrogens is 268 g/mol.